The number of rotatable bonds is 6. The normalized spacial score (nSPS) is 25.6. The highest BCUT2D eigenvalue weighted by atomic mass is 19.4. The predicted molar refractivity (Wildman–Crippen MR) is 118 cm³/mol. The van der Waals surface area contributed by atoms with Crippen LogP contribution in [-0.4, -0.2) is 62.8 Å². The van der Waals surface area contributed by atoms with Gasteiger partial charge in [-0.1, -0.05) is 0 Å². The number of carbonyl (C=O) groups excluding carboxylic acids is 3. The number of aromatic hydroxyl groups is 1. The van der Waals surface area contributed by atoms with Crippen molar-refractivity contribution in [1.82, 2.24) is 5.32 Å². The smallest absolute Gasteiger partial charge is 0.401 e. The molecule has 7 N–H and O–H groups in total. The fourth-order valence-electron chi connectivity index (χ4n) is 5.52. The zero-order valence-corrected chi connectivity index (χ0v) is 19.3. The van der Waals surface area contributed by atoms with E-state index in [0.717, 1.165) is 6.07 Å². The summed E-state index contributed by atoms with van der Waals surface area (Å²) in [7, 11) is 0. The van der Waals surface area contributed by atoms with E-state index in [2.05, 4.69) is 5.32 Å². The molecule has 9 nitrogen and oxygen atoms in total. The first-order valence-electron chi connectivity index (χ1n) is 11.5. The highest BCUT2D eigenvalue weighted by molar-refractivity contribution is 6.24. The number of hydrogen-bond donors (Lipinski definition) is 6. The van der Waals surface area contributed by atoms with Crippen LogP contribution in [0.15, 0.2) is 28.7 Å². The molecule has 13 heteroatoms. The number of ketones is 2. The molecule has 0 aromatic heterocycles. The van der Waals surface area contributed by atoms with Crippen LogP contribution in [0.2, 0.25) is 0 Å². The van der Waals surface area contributed by atoms with Gasteiger partial charge in [-0.05, 0) is 49.8 Å². The maximum Gasteiger partial charge on any atom is 0.401 e. The maximum absolute atomic E-state index is 15.0. The fraction of sp³-hybridized carbons (Fsp3) is 0.458. The molecule has 0 saturated heterocycles. The molecule has 0 spiro atoms. The van der Waals surface area contributed by atoms with Crippen LogP contribution < -0.4 is 11.1 Å². The first-order valence-corrected chi connectivity index (χ1v) is 11.5. The second-order valence-corrected chi connectivity index (χ2v) is 9.53. The number of benzene rings is 1. The second-order valence-electron chi connectivity index (χ2n) is 9.53. The highest BCUT2D eigenvalue weighted by Crippen LogP contribution is 2.51. The summed E-state index contributed by atoms with van der Waals surface area (Å²) >= 11 is 0. The molecule has 3 aliphatic rings. The molecule has 1 unspecified atom stereocenters. The lowest BCUT2D eigenvalue weighted by Crippen LogP contribution is -2.57. The van der Waals surface area contributed by atoms with E-state index >= 15 is 4.39 Å². The lowest BCUT2D eigenvalue weighted by molar-refractivity contribution is -0.144. The van der Waals surface area contributed by atoms with Crippen molar-refractivity contribution >= 4 is 17.5 Å². The van der Waals surface area contributed by atoms with Gasteiger partial charge in [-0.25, -0.2) is 4.39 Å². The van der Waals surface area contributed by atoms with E-state index in [-0.39, 0.29) is 43.4 Å². The molecule has 0 heterocycles. The summed E-state index contributed by atoms with van der Waals surface area (Å²) in [5.41, 5.74) is 0.422. The van der Waals surface area contributed by atoms with Crippen LogP contribution in [0.5, 0.6) is 5.75 Å². The van der Waals surface area contributed by atoms with Gasteiger partial charge in [0.25, 0.3) is 5.91 Å². The summed E-state index contributed by atoms with van der Waals surface area (Å²) in [5, 5.41) is 45.2. The van der Waals surface area contributed by atoms with E-state index in [4.69, 9.17) is 5.73 Å². The summed E-state index contributed by atoms with van der Waals surface area (Å²) < 4.78 is 51.8. The molecule has 3 aliphatic carbocycles. The van der Waals surface area contributed by atoms with Gasteiger partial charge in [-0.2, -0.15) is 13.2 Å². The Bertz CT molecular complexity index is 1270. The number of aryl methyl sites for hydroxylation is 1. The monoisotopic (exact) mass is 528 g/mol. The summed E-state index contributed by atoms with van der Waals surface area (Å²) in [5.74, 6) is -8.90. The molecule has 0 aliphatic heterocycles. The van der Waals surface area contributed by atoms with Crippen LogP contribution in [0, 0.1) is 17.7 Å². The average Bonchev–Trinajstić information content (AvgIpc) is 2.78. The number of primary amides is 1. The second kappa shape index (κ2) is 9.14. The molecular weight excluding hydrogens is 504 g/mol. The van der Waals surface area contributed by atoms with Gasteiger partial charge in [-0.15, -0.1) is 0 Å². The number of phenols is 1. The number of aliphatic hydroxyl groups is 3. The van der Waals surface area contributed by atoms with Gasteiger partial charge in [-0.3, -0.25) is 14.4 Å². The summed E-state index contributed by atoms with van der Waals surface area (Å²) in [6, 6.07) is 0.997. The summed E-state index contributed by atoms with van der Waals surface area (Å²) in [4.78, 5) is 38.0. The Hall–Kier alpha value is -3.45. The number of allylic oxidation sites excluding steroid dienone is 2. The van der Waals surface area contributed by atoms with E-state index in [1.807, 2.05) is 0 Å². The first kappa shape index (κ1) is 26.6. The zero-order valence-electron chi connectivity index (χ0n) is 19.3. The van der Waals surface area contributed by atoms with Gasteiger partial charge in [0.15, 0.2) is 11.4 Å². The third kappa shape index (κ3) is 4.35. The molecule has 1 aromatic carbocycles. The molecule has 200 valence electrons. The van der Waals surface area contributed by atoms with Crippen LogP contribution in [-0.2, 0) is 22.4 Å². The van der Waals surface area contributed by atoms with Crippen LogP contribution >= 0.6 is 0 Å². The minimum atomic E-state index is -4.41. The van der Waals surface area contributed by atoms with Crippen molar-refractivity contribution in [1.29, 1.82) is 0 Å². The van der Waals surface area contributed by atoms with Gasteiger partial charge >= 0.3 is 6.18 Å². The molecule has 0 radical (unpaired) electrons. The number of alkyl halides is 3. The molecule has 0 bridgehead atoms. The van der Waals surface area contributed by atoms with Crippen molar-refractivity contribution in [3.8, 4) is 5.75 Å². The SMILES string of the molecule is NC(=O)C1=C(O)C[C@@H]2CC3Cc4c(F)cc(CCCNCC(F)(F)F)c(O)c4C(=O)C3=C(O)[C@]2(O)C1=O. The number of nitrogens with two attached hydrogens (primary N) is 1. The molecule has 4 rings (SSSR count). The van der Waals surface area contributed by atoms with Crippen molar-refractivity contribution in [3.05, 3.63) is 51.2 Å². The van der Waals surface area contributed by atoms with Crippen LogP contribution in [0.25, 0.3) is 0 Å². The number of phenolic OH excluding ortho intramolecular Hbond substituents is 1. The van der Waals surface area contributed by atoms with E-state index in [0.29, 0.717) is 0 Å². The predicted octanol–water partition coefficient (Wildman–Crippen LogP) is 1.80. The number of halogens is 4. The van der Waals surface area contributed by atoms with Crippen LogP contribution in [0.4, 0.5) is 17.6 Å². The summed E-state index contributed by atoms with van der Waals surface area (Å²) in [6.45, 7) is -1.32. The molecular formula is C24H24F4N2O7. The molecule has 1 aromatic rings. The Balaban J connectivity index is 1.68. The minimum Gasteiger partial charge on any atom is -0.511 e. The quantitative estimate of drug-likeness (QED) is 0.184. The summed E-state index contributed by atoms with van der Waals surface area (Å²) in [6.07, 6.45) is -5.11. The minimum absolute atomic E-state index is 0.0399. The van der Waals surface area contributed by atoms with Gasteiger partial charge in [0.2, 0.25) is 5.78 Å². The highest BCUT2D eigenvalue weighted by Gasteiger charge is 2.59. The van der Waals surface area contributed by atoms with Crippen molar-refractivity contribution < 1.29 is 52.4 Å². The van der Waals surface area contributed by atoms with Crippen molar-refractivity contribution in [3.63, 3.8) is 0 Å². The average molecular weight is 528 g/mol. The largest absolute Gasteiger partial charge is 0.511 e. The zero-order chi connectivity index (χ0) is 27.4. The van der Waals surface area contributed by atoms with E-state index in [9.17, 15) is 48.0 Å². The van der Waals surface area contributed by atoms with E-state index < -0.39 is 93.8 Å². The Morgan fingerprint density at radius 1 is 1.19 bits per heavy atom. The third-order valence-corrected chi connectivity index (χ3v) is 7.21. The fourth-order valence-corrected chi connectivity index (χ4v) is 5.52. The molecule has 0 fully saturated rings. The van der Waals surface area contributed by atoms with Crippen molar-refractivity contribution in [2.24, 2.45) is 17.6 Å². The first-order chi connectivity index (χ1) is 17.2. The van der Waals surface area contributed by atoms with Gasteiger partial charge in [0.1, 0.15) is 28.7 Å². The lowest BCUT2D eigenvalue weighted by Gasteiger charge is -2.45. The molecule has 37 heavy (non-hydrogen) atoms. The van der Waals surface area contributed by atoms with Crippen LogP contribution in [0.3, 0.4) is 0 Å². The molecule has 3 atom stereocenters. The Kier molecular flexibility index (Phi) is 6.57. The number of aliphatic hydroxyl groups excluding tert-OH is 2. The Morgan fingerprint density at radius 2 is 1.86 bits per heavy atom. The molecule has 1 amide bonds. The number of amides is 1. The van der Waals surface area contributed by atoms with Crippen molar-refractivity contribution in [2.75, 3.05) is 13.1 Å². The van der Waals surface area contributed by atoms with Gasteiger partial charge in [0, 0.05) is 23.5 Å². The standard InChI is InChI=1S/C24H24F4N2O7/c25-13-6-9(2-1-3-30-8-23(26,27)28)18(32)16-12(13)5-10-4-11-7-14(31)17(22(29)36)21(35)24(11,37)20(34)15(10)19(16)33/h6,10-11,30-32,34,37H,1-5,7-8H2,(H2,29,36)/t10?,11-,24-/m0/s1. The number of hydrogen-bond acceptors (Lipinski definition) is 8. The number of nitrogens with one attached hydrogen (secondary N) is 1. The number of Topliss-reactive ketones (excluding diaryl/α,β-unsaturated/α-hetero) is 2. The third-order valence-electron chi connectivity index (χ3n) is 7.21. The number of carbonyl (C=O) groups is 3. The van der Waals surface area contributed by atoms with Crippen LogP contribution in [0.1, 0.15) is 40.7 Å². The molecule has 0 saturated carbocycles. The topological polar surface area (TPSA) is 170 Å². The maximum atomic E-state index is 15.0. The lowest BCUT2D eigenvalue weighted by atomic mass is 9.60. The van der Waals surface area contributed by atoms with E-state index in [1.54, 1.807) is 0 Å². The Labute approximate surface area is 207 Å². The van der Waals surface area contributed by atoms with Crippen molar-refractivity contribution in [2.45, 2.75) is 43.9 Å². The van der Waals surface area contributed by atoms with Gasteiger partial charge < -0.3 is 31.5 Å². The van der Waals surface area contributed by atoms with Gasteiger partial charge in [0.05, 0.1) is 12.1 Å². The Morgan fingerprint density at radius 3 is 2.49 bits per heavy atom. The number of fused-ring (bicyclic) bond motifs is 3. The van der Waals surface area contributed by atoms with E-state index in [1.165, 1.54) is 0 Å².